The van der Waals surface area contributed by atoms with E-state index in [2.05, 4.69) is 52.1 Å². The normalized spacial score (nSPS) is 22.2. The molecular formula is C21H38N2O2+2. The molecule has 1 heterocycles. The third-order valence-corrected chi connectivity index (χ3v) is 5.44. The Labute approximate surface area is 153 Å². The number of likely N-dealkylation sites (tertiary alicyclic amines) is 1. The van der Waals surface area contributed by atoms with Gasteiger partial charge in [-0.1, -0.05) is 32.9 Å². The van der Waals surface area contributed by atoms with Gasteiger partial charge in [0.1, 0.15) is 37.6 Å². The Morgan fingerprint density at radius 2 is 2.12 bits per heavy atom. The average molecular weight is 351 g/mol. The fourth-order valence-corrected chi connectivity index (χ4v) is 3.76. The van der Waals surface area contributed by atoms with Crippen molar-refractivity contribution < 1.29 is 20.1 Å². The van der Waals surface area contributed by atoms with Gasteiger partial charge in [-0.25, -0.2) is 0 Å². The molecule has 1 aromatic rings. The van der Waals surface area contributed by atoms with E-state index in [9.17, 15) is 5.11 Å². The number of quaternary nitrogens is 2. The van der Waals surface area contributed by atoms with Gasteiger partial charge in [-0.2, -0.15) is 0 Å². The molecule has 4 heteroatoms. The summed E-state index contributed by atoms with van der Waals surface area (Å²) in [5.41, 5.74) is 2.59. The number of hydrogen-bond acceptors (Lipinski definition) is 2. The third-order valence-electron chi connectivity index (χ3n) is 5.44. The van der Waals surface area contributed by atoms with Gasteiger partial charge in [0.25, 0.3) is 0 Å². The van der Waals surface area contributed by atoms with Gasteiger partial charge >= 0.3 is 0 Å². The number of benzene rings is 1. The Bertz CT molecular complexity index is 539. The van der Waals surface area contributed by atoms with E-state index in [0.717, 1.165) is 23.9 Å². The second-order valence-electron chi connectivity index (χ2n) is 8.56. The quantitative estimate of drug-likeness (QED) is 0.645. The smallest absolute Gasteiger partial charge is 0.137 e. The molecule has 3 atom stereocenters. The number of aliphatic hydroxyl groups excluding tert-OH is 1. The van der Waals surface area contributed by atoms with Gasteiger partial charge in [-0.3, -0.25) is 0 Å². The zero-order valence-corrected chi connectivity index (χ0v) is 16.8. The van der Waals surface area contributed by atoms with E-state index in [1.54, 1.807) is 4.90 Å². The third kappa shape index (κ3) is 5.98. The zero-order valence-electron chi connectivity index (χ0n) is 16.8. The first-order valence-corrected chi connectivity index (χ1v) is 9.89. The summed E-state index contributed by atoms with van der Waals surface area (Å²) in [6.45, 7) is 15.7. The number of aryl methyl sites for hydroxylation is 1. The summed E-state index contributed by atoms with van der Waals surface area (Å²) in [7, 11) is 0. The molecule has 0 radical (unpaired) electrons. The van der Waals surface area contributed by atoms with Crippen LogP contribution < -0.4 is 15.0 Å². The van der Waals surface area contributed by atoms with Gasteiger partial charge < -0.3 is 20.1 Å². The minimum absolute atomic E-state index is 0.145. The average Bonchev–Trinajstić information content (AvgIpc) is 3.00. The molecule has 1 fully saturated rings. The van der Waals surface area contributed by atoms with Crippen molar-refractivity contribution in [1.82, 2.24) is 0 Å². The van der Waals surface area contributed by atoms with Crippen molar-refractivity contribution in [3.8, 4) is 5.75 Å². The SMILES string of the molecule is CC[NH+]1CCC[C@@H]1C[NH2+]C[C@H](O)COc1ccc(C(C)(C)C)cc1C. The Morgan fingerprint density at radius 3 is 2.76 bits per heavy atom. The first kappa shape index (κ1) is 20.2. The summed E-state index contributed by atoms with van der Waals surface area (Å²) in [6.07, 6.45) is 2.25. The predicted molar refractivity (Wildman–Crippen MR) is 102 cm³/mol. The molecule has 0 spiro atoms. The number of rotatable bonds is 8. The maximum Gasteiger partial charge on any atom is 0.137 e. The standard InChI is InChI=1S/C21H36N2O2/c1-6-23-11-7-8-18(23)13-22-14-19(24)15-25-20-10-9-17(12-16(20)2)21(3,4)5/h9-10,12,18-19,22,24H,6-8,11,13-15H2,1-5H3/p+2/t18-,19+/m1/s1. The second-order valence-corrected chi connectivity index (χ2v) is 8.56. The Balaban J connectivity index is 1.73. The van der Waals surface area contributed by atoms with Crippen molar-refractivity contribution >= 4 is 0 Å². The van der Waals surface area contributed by atoms with Crippen LogP contribution in [0.2, 0.25) is 0 Å². The lowest BCUT2D eigenvalue weighted by Gasteiger charge is -2.21. The molecule has 25 heavy (non-hydrogen) atoms. The molecule has 1 aliphatic heterocycles. The van der Waals surface area contributed by atoms with Crippen molar-refractivity contribution in [2.24, 2.45) is 0 Å². The molecular weight excluding hydrogens is 312 g/mol. The van der Waals surface area contributed by atoms with Gasteiger partial charge in [-0.05, 0) is 36.5 Å². The lowest BCUT2D eigenvalue weighted by molar-refractivity contribution is -0.924. The minimum Gasteiger partial charge on any atom is -0.490 e. The second kappa shape index (κ2) is 9.02. The zero-order chi connectivity index (χ0) is 18.4. The molecule has 1 unspecified atom stereocenters. The number of likely N-dealkylation sites (N-methyl/N-ethyl adjacent to an activating group) is 1. The molecule has 4 nitrogen and oxygen atoms in total. The molecule has 0 amide bonds. The summed E-state index contributed by atoms with van der Waals surface area (Å²) in [6, 6.07) is 7.11. The van der Waals surface area contributed by atoms with Crippen LogP contribution in [0.15, 0.2) is 18.2 Å². The van der Waals surface area contributed by atoms with Crippen molar-refractivity contribution in [2.45, 2.75) is 65.0 Å². The molecule has 142 valence electrons. The van der Waals surface area contributed by atoms with Crippen LogP contribution >= 0.6 is 0 Å². The van der Waals surface area contributed by atoms with Crippen LogP contribution in [0.3, 0.4) is 0 Å². The Kier molecular flexibility index (Phi) is 7.29. The van der Waals surface area contributed by atoms with E-state index in [-0.39, 0.29) is 5.41 Å². The van der Waals surface area contributed by atoms with Gasteiger partial charge in [-0.15, -0.1) is 0 Å². The highest BCUT2D eigenvalue weighted by Crippen LogP contribution is 2.27. The van der Waals surface area contributed by atoms with Crippen molar-refractivity contribution in [3.05, 3.63) is 29.3 Å². The number of aliphatic hydroxyl groups is 1. The van der Waals surface area contributed by atoms with Crippen molar-refractivity contribution in [3.63, 3.8) is 0 Å². The molecule has 1 aliphatic rings. The maximum absolute atomic E-state index is 10.2. The van der Waals surface area contributed by atoms with Crippen LogP contribution in [0, 0.1) is 6.92 Å². The van der Waals surface area contributed by atoms with Crippen molar-refractivity contribution in [2.75, 3.05) is 32.8 Å². The van der Waals surface area contributed by atoms with Crippen LogP contribution in [-0.4, -0.2) is 50.0 Å². The molecule has 2 rings (SSSR count). The Morgan fingerprint density at radius 1 is 1.36 bits per heavy atom. The van der Waals surface area contributed by atoms with Crippen molar-refractivity contribution in [1.29, 1.82) is 0 Å². The lowest BCUT2D eigenvalue weighted by atomic mass is 9.86. The fraction of sp³-hybridized carbons (Fsp3) is 0.714. The number of hydrogen-bond donors (Lipinski definition) is 3. The molecule has 0 saturated carbocycles. The van der Waals surface area contributed by atoms with E-state index in [1.807, 2.05) is 6.07 Å². The monoisotopic (exact) mass is 350 g/mol. The number of nitrogens with two attached hydrogens (primary N) is 1. The van der Waals surface area contributed by atoms with E-state index < -0.39 is 6.10 Å². The van der Waals surface area contributed by atoms with Gasteiger partial charge in [0.2, 0.25) is 0 Å². The summed E-state index contributed by atoms with van der Waals surface area (Å²) in [5, 5.41) is 12.5. The fourth-order valence-electron chi connectivity index (χ4n) is 3.76. The molecule has 0 aromatic heterocycles. The highest BCUT2D eigenvalue weighted by Gasteiger charge is 2.28. The van der Waals surface area contributed by atoms with Gasteiger partial charge in [0.05, 0.1) is 13.1 Å². The Hall–Kier alpha value is -1.10. The highest BCUT2D eigenvalue weighted by atomic mass is 16.5. The van der Waals surface area contributed by atoms with Gasteiger partial charge in [0.15, 0.2) is 0 Å². The minimum atomic E-state index is -0.423. The van der Waals surface area contributed by atoms with Crippen LogP contribution in [0.1, 0.15) is 51.7 Å². The maximum atomic E-state index is 10.2. The molecule has 1 saturated heterocycles. The van der Waals surface area contributed by atoms with E-state index in [1.165, 1.54) is 31.5 Å². The van der Waals surface area contributed by atoms with Gasteiger partial charge in [0, 0.05) is 12.8 Å². The number of nitrogens with one attached hydrogen (secondary N) is 1. The summed E-state index contributed by atoms with van der Waals surface area (Å²) in [4.78, 5) is 1.72. The van der Waals surface area contributed by atoms with Crippen LogP contribution in [0.4, 0.5) is 0 Å². The van der Waals surface area contributed by atoms with Crippen LogP contribution in [-0.2, 0) is 5.41 Å². The summed E-state index contributed by atoms with van der Waals surface area (Å²) in [5.74, 6) is 0.879. The molecule has 4 N–H and O–H groups in total. The van der Waals surface area contributed by atoms with E-state index >= 15 is 0 Å². The van der Waals surface area contributed by atoms with Crippen LogP contribution in [0.25, 0.3) is 0 Å². The molecule has 1 aromatic carbocycles. The predicted octanol–water partition coefficient (Wildman–Crippen LogP) is 0.663. The highest BCUT2D eigenvalue weighted by molar-refractivity contribution is 5.38. The summed E-state index contributed by atoms with van der Waals surface area (Å²) >= 11 is 0. The molecule has 0 aliphatic carbocycles. The first-order chi connectivity index (χ1) is 11.8. The largest absolute Gasteiger partial charge is 0.490 e. The van der Waals surface area contributed by atoms with Crippen LogP contribution in [0.5, 0.6) is 5.75 Å². The first-order valence-electron chi connectivity index (χ1n) is 9.89. The summed E-state index contributed by atoms with van der Waals surface area (Å²) < 4.78 is 5.86. The topological polar surface area (TPSA) is 50.5 Å². The molecule has 0 bridgehead atoms. The number of ether oxygens (including phenoxy) is 1. The van der Waals surface area contributed by atoms with E-state index in [4.69, 9.17) is 4.74 Å². The lowest BCUT2D eigenvalue weighted by Crippen LogP contribution is -3.16. The van der Waals surface area contributed by atoms with E-state index in [0.29, 0.717) is 13.2 Å².